The fraction of sp³-hybridized carbons (Fsp3) is 0.190. The van der Waals surface area contributed by atoms with E-state index in [1.54, 1.807) is 37.5 Å². The molecule has 2 aromatic rings. The number of amides is 2. The Morgan fingerprint density at radius 1 is 1.38 bits per heavy atom. The Morgan fingerprint density at radius 2 is 2.14 bits per heavy atom. The number of methoxy groups -OCH3 is 1. The summed E-state index contributed by atoms with van der Waals surface area (Å²) in [5.74, 6) is -0.311. The van der Waals surface area contributed by atoms with Gasteiger partial charge < -0.3 is 10.1 Å². The first-order valence-electron chi connectivity index (χ1n) is 8.87. The van der Waals surface area contributed by atoms with E-state index in [4.69, 9.17) is 4.74 Å². The summed E-state index contributed by atoms with van der Waals surface area (Å²) in [6.07, 6.45) is 1.64. The molecule has 0 radical (unpaired) electrons. The van der Waals surface area contributed by atoms with Gasteiger partial charge in [-0.25, -0.2) is 9.38 Å². The SMILES string of the molecule is C=CCN1C(=O)C[C@H](C(=O)Nc2ccc(F)cc2)SC1=Nc1cccc(OC)c1. The Bertz CT molecular complexity index is 946. The standard InChI is InChI=1S/C21H20FN3O3S/c1-3-11-25-19(26)13-18(20(27)23-15-9-7-14(22)8-10-15)29-21(25)24-16-5-4-6-17(12-16)28-2/h3-10,12,18H,1,11,13H2,2H3,(H,23,27)/t18-/m1/s1. The molecule has 1 fully saturated rings. The molecular formula is C21H20FN3O3S. The van der Waals surface area contributed by atoms with Crippen molar-refractivity contribution in [3.8, 4) is 5.75 Å². The van der Waals surface area contributed by atoms with Crippen LogP contribution in [0.3, 0.4) is 0 Å². The van der Waals surface area contributed by atoms with Crippen molar-refractivity contribution in [2.75, 3.05) is 19.0 Å². The van der Waals surface area contributed by atoms with Crippen LogP contribution in [0.1, 0.15) is 6.42 Å². The highest BCUT2D eigenvalue weighted by atomic mass is 32.2. The number of ether oxygens (including phenoxy) is 1. The van der Waals surface area contributed by atoms with Crippen LogP contribution in [0.5, 0.6) is 5.75 Å². The van der Waals surface area contributed by atoms with Crippen LogP contribution in [0.15, 0.2) is 66.2 Å². The highest BCUT2D eigenvalue weighted by Crippen LogP contribution is 2.30. The van der Waals surface area contributed by atoms with Crippen molar-refractivity contribution in [3.05, 3.63) is 67.0 Å². The molecule has 2 aromatic carbocycles. The van der Waals surface area contributed by atoms with Crippen LogP contribution in [-0.2, 0) is 9.59 Å². The molecule has 8 heteroatoms. The minimum Gasteiger partial charge on any atom is -0.497 e. The molecule has 1 heterocycles. The molecule has 29 heavy (non-hydrogen) atoms. The Morgan fingerprint density at radius 3 is 2.83 bits per heavy atom. The van der Waals surface area contributed by atoms with E-state index < -0.39 is 11.1 Å². The maximum absolute atomic E-state index is 13.1. The second-order valence-electron chi connectivity index (χ2n) is 6.20. The van der Waals surface area contributed by atoms with Crippen molar-refractivity contribution in [1.82, 2.24) is 4.90 Å². The van der Waals surface area contributed by atoms with Gasteiger partial charge in [-0.15, -0.1) is 6.58 Å². The molecule has 1 aliphatic heterocycles. The zero-order chi connectivity index (χ0) is 20.8. The van der Waals surface area contributed by atoms with Gasteiger partial charge in [-0.1, -0.05) is 23.9 Å². The van der Waals surface area contributed by atoms with Crippen LogP contribution in [-0.4, -0.2) is 40.8 Å². The summed E-state index contributed by atoms with van der Waals surface area (Å²) >= 11 is 1.20. The maximum atomic E-state index is 13.1. The van der Waals surface area contributed by atoms with Gasteiger partial charge in [-0.3, -0.25) is 14.5 Å². The summed E-state index contributed by atoms with van der Waals surface area (Å²) in [7, 11) is 1.56. The average molecular weight is 413 g/mol. The van der Waals surface area contributed by atoms with Gasteiger partial charge in [-0.05, 0) is 36.4 Å². The summed E-state index contributed by atoms with van der Waals surface area (Å²) in [5, 5.41) is 2.47. The normalized spacial score (nSPS) is 17.9. The molecule has 0 aliphatic carbocycles. The number of anilines is 1. The molecule has 2 amide bonds. The molecule has 1 N–H and O–H groups in total. The molecule has 150 valence electrons. The molecule has 1 aliphatic rings. The van der Waals surface area contributed by atoms with Gasteiger partial charge in [0.15, 0.2) is 5.17 Å². The highest BCUT2D eigenvalue weighted by molar-refractivity contribution is 8.15. The van der Waals surface area contributed by atoms with E-state index in [1.165, 1.54) is 40.9 Å². The van der Waals surface area contributed by atoms with Gasteiger partial charge in [0, 0.05) is 24.7 Å². The van der Waals surface area contributed by atoms with Crippen LogP contribution < -0.4 is 10.1 Å². The van der Waals surface area contributed by atoms with Crippen molar-refractivity contribution < 1.29 is 18.7 Å². The molecule has 1 atom stereocenters. The third-order valence-corrected chi connectivity index (χ3v) is 5.32. The topological polar surface area (TPSA) is 71.0 Å². The van der Waals surface area contributed by atoms with Crippen LogP contribution in [0.4, 0.5) is 15.8 Å². The molecule has 3 rings (SSSR count). The Hall–Kier alpha value is -3.13. The van der Waals surface area contributed by atoms with E-state index in [1.807, 2.05) is 0 Å². The van der Waals surface area contributed by atoms with Gasteiger partial charge >= 0.3 is 0 Å². The van der Waals surface area contributed by atoms with Crippen molar-refractivity contribution in [3.63, 3.8) is 0 Å². The minimum atomic E-state index is -0.655. The van der Waals surface area contributed by atoms with Crippen LogP contribution in [0.2, 0.25) is 0 Å². The molecule has 0 aromatic heterocycles. The number of rotatable bonds is 6. The fourth-order valence-corrected chi connectivity index (χ4v) is 3.80. The third kappa shape index (κ3) is 5.23. The van der Waals surface area contributed by atoms with Gasteiger partial charge in [0.1, 0.15) is 16.8 Å². The number of carbonyl (C=O) groups excluding carboxylic acids is 2. The molecule has 0 saturated carbocycles. The number of nitrogens with zero attached hydrogens (tertiary/aromatic N) is 2. The lowest BCUT2D eigenvalue weighted by Gasteiger charge is -2.31. The first-order valence-corrected chi connectivity index (χ1v) is 9.75. The average Bonchev–Trinajstić information content (AvgIpc) is 2.72. The predicted molar refractivity (Wildman–Crippen MR) is 113 cm³/mol. The Kier molecular flexibility index (Phi) is 6.66. The molecule has 0 bridgehead atoms. The van der Waals surface area contributed by atoms with E-state index in [9.17, 15) is 14.0 Å². The predicted octanol–water partition coefficient (Wildman–Crippen LogP) is 3.98. The number of aliphatic imine (C=N–C) groups is 1. The number of hydrogen-bond acceptors (Lipinski definition) is 5. The summed E-state index contributed by atoms with van der Waals surface area (Å²) in [4.78, 5) is 31.4. The van der Waals surface area contributed by atoms with E-state index >= 15 is 0 Å². The number of benzene rings is 2. The van der Waals surface area contributed by atoms with Crippen molar-refractivity contribution in [1.29, 1.82) is 0 Å². The first kappa shape index (κ1) is 20.6. The number of halogens is 1. The zero-order valence-electron chi connectivity index (χ0n) is 15.8. The number of thioether (sulfide) groups is 1. The highest BCUT2D eigenvalue weighted by Gasteiger charge is 2.35. The summed E-state index contributed by atoms with van der Waals surface area (Å²) < 4.78 is 18.3. The molecule has 1 saturated heterocycles. The number of amidine groups is 1. The fourth-order valence-electron chi connectivity index (χ4n) is 2.70. The Labute approximate surface area is 172 Å². The van der Waals surface area contributed by atoms with Crippen molar-refractivity contribution >= 4 is 40.1 Å². The quantitative estimate of drug-likeness (QED) is 0.727. The zero-order valence-corrected chi connectivity index (χ0v) is 16.6. The molecule has 6 nitrogen and oxygen atoms in total. The van der Waals surface area contributed by atoms with Crippen molar-refractivity contribution in [2.24, 2.45) is 4.99 Å². The van der Waals surface area contributed by atoms with Gasteiger partial charge in [-0.2, -0.15) is 0 Å². The lowest BCUT2D eigenvalue weighted by molar-refractivity contribution is -0.129. The molecule has 0 spiro atoms. The number of carbonyl (C=O) groups is 2. The van der Waals surface area contributed by atoms with E-state index in [2.05, 4.69) is 16.9 Å². The Balaban J connectivity index is 1.83. The maximum Gasteiger partial charge on any atom is 0.238 e. The minimum absolute atomic E-state index is 0.0304. The second kappa shape index (κ2) is 9.38. The monoisotopic (exact) mass is 413 g/mol. The third-order valence-electron chi connectivity index (χ3n) is 4.13. The van der Waals surface area contributed by atoms with Gasteiger partial charge in [0.05, 0.1) is 12.8 Å². The van der Waals surface area contributed by atoms with Crippen molar-refractivity contribution in [2.45, 2.75) is 11.7 Å². The lowest BCUT2D eigenvalue weighted by atomic mass is 10.2. The van der Waals surface area contributed by atoms with Crippen LogP contribution >= 0.6 is 11.8 Å². The number of nitrogens with one attached hydrogen (secondary N) is 1. The van der Waals surface area contributed by atoms with E-state index in [0.717, 1.165) is 0 Å². The summed E-state index contributed by atoms with van der Waals surface area (Å²) in [6, 6.07) is 12.6. The van der Waals surface area contributed by atoms with Gasteiger partial charge in [0.25, 0.3) is 0 Å². The lowest BCUT2D eigenvalue weighted by Crippen LogP contribution is -2.45. The molecular weight excluding hydrogens is 393 g/mol. The van der Waals surface area contributed by atoms with E-state index in [-0.39, 0.29) is 18.2 Å². The van der Waals surface area contributed by atoms with Gasteiger partial charge in [0.2, 0.25) is 11.8 Å². The van der Waals surface area contributed by atoms with Crippen LogP contribution in [0, 0.1) is 5.82 Å². The van der Waals surface area contributed by atoms with Crippen LogP contribution in [0.25, 0.3) is 0 Å². The smallest absolute Gasteiger partial charge is 0.238 e. The largest absolute Gasteiger partial charge is 0.497 e. The summed E-state index contributed by atoms with van der Waals surface area (Å²) in [6.45, 7) is 3.98. The first-order chi connectivity index (χ1) is 14.0. The molecule has 0 unspecified atom stereocenters. The number of hydrogen-bond donors (Lipinski definition) is 1. The van der Waals surface area contributed by atoms with E-state index in [0.29, 0.717) is 28.8 Å². The summed E-state index contributed by atoms with van der Waals surface area (Å²) in [5.41, 5.74) is 1.07. The second-order valence-corrected chi connectivity index (χ2v) is 7.37.